The number of nitrogens with one attached hydrogen (secondary N) is 1. The molecular formula is C16H25ClN2OS. The van der Waals surface area contributed by atoms with Crippen molar-refractivity contribution in [3.63, 3.8) is 0 Å². The first-order valence-corrected chi connectivity index (χ1v) is 8.72. The van der Waals surface area contributed by atoms with Crippen molar-refractivity contribution in [2.75, 3.05) is 0 Å². The lowest BCUT2D eigenvalue weighted by atomic mass is 9.92. The van der Waals surface area contributed by atoms with E-state index in [1.54, 1.807) is 11.3 Å². The highest BCUT2D eigenvalue weighted by Crippen LogP contribution is 2.29. The van der Waals surface area contributed by atoms with Crippen molar-refractivity contribution in [2.24, 2.45) is 5.73 Å². The molecule has 0 bridgehead atoms. The van der Waals surface area contributed by atoms with Crippen LogP contribution in [0.1, 0.15) is 65.1 Å². The summed E-state index contributed by atoms with van der Waals surface area (Å²) in [7, 11) is 0. The fourth-order valence-electron chi connectivity index (χ4n) is 3.30. The van der Waals surface area contributed by atoms with E-state index in [-0.39, 0.29) is 18.3 Å². The standard InChI is InChI=1S/C16H24N2OS.ClH/c17-12-6-8-13(9-7-12)18-16(19)15-10-11-4-2-1-3-5-14(11)20-15;/h10,12-13H,1-9,17H2,(H,18,19);1H. The van der Waals surface area contributed by atoms with Crippen LogP contribution >= 0.6 is 23.7 Å². The summed E-state index contributed by atoms with van der Waals surface area (Å²) < 4.78 is 0. The quantitative estimate of drug-likeness (QED) is 0.817. The Morgan fingerprint density at radius 2 is 1.86 bits per heavy atom. The minimum absolute atomic E-state index is 0. The largest absolute Gasteiger partial charge is 0.349 e. The van der Waals surface area contributed by atoms with Crippen LogP contribution < -0.4 is 11.1 Å². The summed E-state index contributed by atoms with van der Waals surface area (Å²) in [4.78, 5) is 14.7. The van der Waals surface area contributed by atoms with Gasteiger partial charge in [0.2, 0.25) is 0 Å². The van der Waals surface area contributed by atoms with Gasteiger partial charge < -0.3 is 11.1 Å². The van der Waals surface area contributed by atoms with E-state index in [9.17, 15) is 4.79 Å². The number of halogens is 1. The molecular weight excluding hydrogens is 304 g/mol. The maximum Gasteiger partial charge on any atom is 0.261 e. The molecule has 0 aliphatic heterocycles. The Labute approximate surface area is 137 Å². The molecule has 1 saturated carbocycles. The third-order valence-corrected chi connectivity index (χ3v) is 5.81. The second kappa shape index (κ2) is 7.61. The molecule has 2 aliphatic carbocycles. The van der Waals surface area contributed by atoms with E-state index in [1.807, 2.05) is 0 Å². The summed E-state index contributed by atoms with van der Waals surface area (Å²) in [6.45, 7) is 0. The van der Waals surface area contributed by atoms with Crippen molar-refractivity contribution >= 4 is 29.7 Å². The van der Waals surface area contributed by atoms with Gasteiger partial charge in [-0.05, 0) is 63.0 Å². The highest BCUT2D eigenvalue weighted by Gasteiger charge is 2.22. The Kier molecular flexibility index (Phi) is 6.08. The Balaban J connectivity index is 0.00000161. The molecule has 1 aromatic heterocycles. The lowest BCUT2D eigenvalue weighted by Gasteiger charge is -2.26. The first-order valence-electron chi connectivity index (χ1n) is 7.90. The molecule has 0 spiro atoms. The zero-order valence-electron chi connectivity index (χ0n) is 12.4. The van der Waals surface area contributed by atoms with E-state index >= 15 is 0 Å². The van der Waals surface area contributed by atoms with E-state index in [0.717, 1.165) is 43.4 Å². The van der Waals surface area contributed by atoms with Gasteiger partial charge in [0.25, 0.3) is 5.91 Å². The van der Waals surface area contributed by atoms with Crippen LogP contribution in [0.5, 0.6) is 0 Å². The number of nitrogens with two attached hydrogens (primary N) is 1. The summed E-state index contributed by atoms with van der Waals surface area (Å²) >= 11 is 1.71. The van der Waals surface area contributed by atoms with Crippen LogP contribution in [-0.4, -0.2) is 18.0 Å². The molecule has 3 rings (SSSR count). The smallest absolute Gasteiger partial charge is 0.261 e. The average molecular weight is 329 g/mol. The van der Waals surface area contributed by atoms with E-state index in [0.29, 0.717) is 12.1 Å². The van der Waals surface area contributed by atoms with Crippen molar-refractivity contribution in [1.82, 2.24) is 5.32 Å². The van der Waals surface area contributed by atoms with E-state index in [4.69, 9.17) is 5.73 Å². The van der Waals surface area contributed by atoms with Gasteiger partial charge in [-0.25, -0.2) is 0 Å². The van der Waals surface area contributed by atoms with E-state index < -0.39 is 0 Å². The zero-order valence-corrected chi connectivity index (χ0v) is 14.0. The maximum absolute atomic E-state index is 12.4. The molecule has 3 N–H and O–H groups in total. The Morgan fingerprint density at radius 3 is 2.62 bits per heavy atom. The van der Waals surface area contributed by atoms with E-state index in [1.165, 1.54) is 29.7 Å². The monoisotopic (exact) mass is 328 g/mol. The second-order valence-electron chi connectivity index (χ2n) is 6.20. The molecule has 1 fully saturated rings. The van der Waals surface area contributed by atoms with Crippen LogP contribution in [0, 0.1) is 0 Å². The summed E-state index contributed by atoms with van der Waals surface area (Å²) in [6.07, 6.45) is 10.3. The molecule has 0 atom stereocenters. The van der Waals surface area contributed by atoms with Gasteiger partial charge in [-0.3, -0.25) is 4.79 Å². The summed E-state index contributed by atoms with van der Waals surface area (Å²) in [6, 6.07) is 2.79. The van der Waals surface area contributed by atoms with Gasteiger partial charge in [0.05, 0.1) is 4.88 Å². The molecule has 0 aromatic carbocycles. The number of amides is 1. The molecule has 21 heavy (non-hydrogen) atoms. The van der Waals surface area contributed by atoms with Crippen LogP contribution in [0.3, 0.4) is 0 Å². The predicted octanol–water partition coefficient (Wildman–Crippen LogP) is 3.44. The number of fused-ring (bicyclic) bond motifs is 1. The molecule has 2 aliphatic rings. The molecule has 0 radical (unpaired) electrons. The van der Waals surface area contributed by atoms with E-state index in [2.05, 4.69) is 11.4 Å². The molecule has 1 aromatic rings. The number of hydrogen-bond donors (Lipinski definition) is 2. The SMILES string of the molecule is Cl.NC1CCC(NC(=O)c2cc3c(s2)CCCCC3)CC1. The van der Waals surface area contributed by atoms with Gasteiger partial charge >= 0.3 is 0 Å². The summed E-state index contributed by atoms with van der Waals surface area (Å²) in [5.74, 6) is 0.128. The lowest BCUT2D eigenvalue weighted by molar-refractivity contribution is 0.0930. The first-order chi connectivity index (χ1) is 9.72. The van der Waals surface area contributed by atoms with Crippen molar-refractivity contribution in [1.29, 1.82) is 0 Å². The van der Waals surface area contributed by atoms with Crippen LogP contribution in [0.4, 0.5) is 0 Å². The van der Waals surface area contributed by atoms with Crippen molar-refractivity contribution in [3.8, 4) is 0 Å². The van der Waals surface area contributed by atoms with Gasteiger partial charge in [-0.2, -0.15) is 0 Å². The predicted molar refractivity (Wildman–Crippen MR) is 90.5 cm³/mol. The minimum Gasteiger partial charge on any atom is -0.349 e. The zero-order chi connectivity index (χ0) is 13.9. The highest BCUT2D eigenvalue weighted by atomic mass is 35.5. The average Bonchev–Trinajstić information content (AvgIpc) is 2.73. The Bertz CT molecular complexity index is 457. The molecule has 0 saturated heterocycles. The molecule has 1 amide bonds. The molecule has 0 unspecified atom stereocenters. The summed E-state index contributed by atoms with van der Waals surface area (Å²) in [5.41, 5.74) is 7.33. The van der Waals surface area contributed by atoms with Crippen LogP contribution in [0.2, 0.25) is 0 Å². The number of thiophene rings is 1. The topological polar surface area (TPSA) is 55.1 Å². The van der Waals surface area contributed by atoms with Crippen molar-refractivity contribution in [3.05, 3.63) is 21.4 Å². The minimum atomic E-state index is 0. The van der Waals surface area contributed by atoms with Gasteiger partial charge in [-0.15, -0.1) is 23.7 Å². The van der Waals surface area contributed by atoms with Crippen LogP contribution in [-0.2, 0) is 12.8 Å². The van der Waals surface area contributed by atoms with Crippen LogP contribution in [0.15, 0.2) is 6.07 Å². The van der Waals surface area contributed by atoms with Crippen molar-refractivity contribution < 1.29 is 4.79 Å². The number of carbonyl (C=O) groups excluding carboxylic acids is 1. The first kappa shape index (κ1) is 16.8. The number of carbonyl (C=O) groups is 1. The lowest BCUT2D eigenvalue weighted by Crippen LogP contribution is -2.40. The Morgan fingerprint density at radius 1 is 1.14 bits per heavy atom. The van der Waals surface area contributed by atoms with Gasteiger partial charge in [0, 0.05) is 17.0 Å². The van der Waals surface area contributed by atoms with Gasteiger partial charge in [0.1, 0.15) is 0 Å². The number of aryl methyl sites for hydroxylation is 2. The van der Waals surface area contributed by atoms with Gasteiger partial charge in [0.15, 0.2) is 0 Å². The maximum atomic E-state index is 12.4. The normalized spacial score (nSPS) is 25.4. The van der Waals surface area contributed by atoms with Gasteiger partial charge in [-0.1, -0.05) is 6.42 Å². The molecule has 118 valence electrons. The fraction of sp³-hybridized carbons (Fsp3) is 0.688. The van der Waals surface area contributed by atoms with Crippen LogP contribution in [0.25, 0.3) is 0 Å². The number of rotatable bonds is 2. The third kappa shape index (κ3) is 4.21. The second-order valence-corrected chi connectivity index (χ2v) is 7.34. The summed E-state index contributed by atoms with van der Waals surface area (Å²) in [5, 5.41) is 3.20. The molecule has 3 nitrogen and oxygen atoms in total. The highest BCUT2D eigenvalue weighted by molar-refractivity contribution is 7.14. The Hall–Kier alpha value is -0.580. The molecule has 1 heterocycles. The fourth-order valence-corrected chi connectivity index (χ4v) is 4.46. The third-order valence-electron chi connectivity index (χ3n) is 4.58. The molecule has 5 heteroatoms. The van der Waals surface area contributed by atoms with Crippen molar-refractivity contribution in [2.45, 2.75) is 69.9 Å². The number of hydrogen-bond acceptors (Lipinski definition) is 3.